The molecule has 0 unspecified atom stereocenters. The highest BCUT2D eigenvalue weighted by atomic mass is 35.5. The number of nitrogens with one attached hydrogen (secondary N) is 2. The Labute approximate surface area is 177 Å². The fraction of sp³-hybridized carbons (Fsp3) is 0.0455. The Hall–Kier alpha value is -2.93. The van der Waals surface area contributed by atoms with Crippen molar-refractivity contribution in [1.82, 2.24) is 10.0 Å². The zero-order valence-corrected chi connectivity index (χ0v) is 17.1. The fourth-order valence-corrected chi connectivity index (χ4v) is 4.02. The van der Waals surface area contributed by atoms with E-state index < -0.39 is 5.91 Å². The van der Waals surface area contributed by atoms with Gasteiger partial charge in [-0.25, -0.2) is 5.48 Å². The number of nitrogens with zero attached hydrogens (tertiary/aromatic N) is 1. The molecule has 0 bridgehead atoms. The van der Waals surface area contributed by atoms with E-state index in [0.717, 1.165) is 32.6 Å². The number of carbonyl (C=O) groups excluding carboxylic acids is 1. The van der Waals surface area contributed by atoms with Crippen molar-refractivity contribution in [3.05, 3.63) is 83.5 Å². The predicted molar refractivity (Wildman–Crippen MR) is 119 cm³/mol. The Balaban J connectivity index is 1.59. The molecule has 0 aliphatic carbocycles. The number of fused-ring (bicyclic) bond motifs is 1. The summed E-state index contributed by atoms with van der Waals surface area (Å²) in [4.78, 5) is 12.4. The van der Waals surface area contributed by atoms with Crippen LogP contribution in [0.25, 0.3) is 22.0 Å². The summed E-state index contributed by atoms with van der Waals surface area (Å²) in [6.07, 6.45) is 2.11. The first kappa shape index (κ1) is 19.4. The van der Waals surface area contributed by atoms with Gasteiger partial charge in [0.25, 0.3) is 5.91 Å². The number of amides is 1. The van der Waals surface area contributed by atoms with Crippen LogP contribution in [0.1, 0.15) is 10.4 Å². The Morgan fingerprint density at radius 2 is 1.86 bits per heavy atom. The minimum absolute atomic E-state index is 0.397. The first-order valence-corrected chi connectivity index (χ1v) is 10.1. The predicted octanol–water partition coefficient (Wildman–Crippen LogP) is 5.74. The summed E-state index contributed by atoms with van der Waals surface area (Å²) >= 11 is 7.63. The largest absolute Gasteiger partial charge is 0.350 e. The molecule has 0 saturated heterocycles. The summed E-state index contributed by atoms with van der Waals surface area (Å²) in [6, 6.07) is 21.0. The lowest BCUT2D eigenvalue weighted by atomic mass is 10.0. The van der Waals surface area contributed by atoms with Gasteiger partial charge in [-0.05, 0) is 72.1 Å². The number of halogens is 1. The van der Waals surface area contributed by atoms with Crippen molar-refractivity contribution in [2.75, 3.05) is 4.72 Å². The second-order valence-electron chi connectivity index (χ2n) is 6.57. The van der Waals surface area contributed by atoms with Crippen LogP contribution < -0.4 is 10.2 Å². The average molecular weight is 424 g/mol. The van der Waals surface area contributed by atoms with Gasteiger partial charge in [-0.15, -0.1) is 0 Å². The number of hydroxylamine groups is 1. The number of hydrogen-bond donors (Lipinski definition) is 3. The van der Waals surface area contributed by atoms with Gasteiger partial charge in [-0.1, -0.05) is 23.7 Å². The van der Waals surface area contributed by atoms with Crippen LogP contribution in [0.5, 0.6) is 0 Å². The number of carbonyl (C=O) groups is 1. The molecule has 146 valence electrons. The average Bonchev–Trinajstić information content (AvgIpc) is 3.08. The number of aromatic nitrogens is 1. The number of anilines is 1. The first-order valence-electron chi connectivity index (χ1n) is 8.87. The molecular weight excluding hydrogens is 406 g/mol. The lowest BCUT2D eigenvalue weighted by molar-refractivity contribution is 0.0706. The lowest BCUT2D eigenvalue weighted by Crippen LogP contribution is -2.18. The highest BCUT2D eigenvalue weighted by Crippen LogP contribution is 2.34. The summed E-state index contributed by atoms with van der Waals surface area (Å²) in [7, 11) is 2.03. The summed E-state index contributed by atoms with van der Waals surface area (Å²) in [5.74, 6) is -0.530. The third-order valence-corrected chi connectivity index (χ3v) is 5.71. The van der Waals surface area contributed by atoms with Crippen LogP contribution in [0.15, 0.2) is 77.8 Å². The Morgan fingerprint density at radius 1 is 1.07 bits per heavy atom. The highest BCUT2D eigenvalue weighted by Gasteiger charge is 2.10. The normalized spacial score (nSPS) is 10.9. The van der Waals surface area contributed by atoms with Crippen molar-refractivity contribution in [1.29, 1.82) is 0 Å². The second kappa shape index (κ2) is 8.21. The maximum Gasteiger partial charge on any atom is 0.274 e. The maximum absolute atomic E-state index is 11.4. The van der Waals surface area contributed by atoms with E-state index in [1.54, 1.807) is 17.6 Å². The Kier molecular flexibility index (Phi) is 5.49. The van der Waals surface area contributed by atoms with Gasteiger partial charge < -0.3 is 9.29 Å². The van der Waals surface area contributed by atoms with Gasteiger partial charge in [0.05, 0.1) is 0 Å². The lowest BCUT2D eigenvalue weighted by Gasteiger charge is -2.08. The van der Waals surface area contributed by atoms with Crippen LogP contribution in [-0.4, -0.2) is 15.7 Å². The molecule has 1 aromatic heterocycles. The molecule has 0 spiro atoms. The number of hydrogen-bond acceptors (Lipinski definition) is 4. The van der Waals surface area contributed by atoms with Crippen molar-refractivity contribution in [3.63, 3.8) is 0 Å². The standard InChI is InChI=1S/C22H18ClN3O2S/c1-26-13-20(15-3-2-4-16(23)11-15)19-12-17(7-10-21(19)26)25-29-18-8-5-14(6-9-18)22(27)24-28/h2-13,25,28H,1H3,(H,24,27). The smallest absolute Gasteiger partial charge is 0.274 e. The molecule has 0 radical (unpaired) electrons. The van der Waals surface area contributed by atoms with E-state index in [1.165, 1.54) is 11.9 Å². The molecular formula is C22H18ClN3O2S. The van der Waals surface area contributed by atoms with Gasteiger partial charge in [-0.2, -0.15) is 0 Å². The van der Waals surface area contributed by atoms with Crippen molar-refractivity contribution in [2.24, 2.45) is 7.05 Å². The fourth-order valence-electron chi connectivity index (χ4n) is 3.20. The molecule has 4 rings (SSSR count). The summed E-state index contributed by atoms with van der Waals surface area (Å²) in [6.45, 7) is 0. The Morgan fingerprint density at radius 3 is 2.59 bits per heavy atom. The molecule has 4 aromatic rings. The number of aryl methyl sites for hydroxylation is 1. The minimum Gasteiger partial charge on any atom is -0.350 e. The minimum atomic E-state index is -0.530. The molecule has 7 heteroatoms. The number of benzene rings is 3. The summed E-state index contributed by atoms with van der Waals surface area (Å²) in [5, 5.41) is 10.5. The van der Waals surface area contributed by atoms with Gasteiger partial charge >= 0.3 is 0 Å². The van der Waals surface area contributed by atoms with E-state index in [0.29, 0.717) is 10.6 Å². The van der Waals surface area contributed by atoms with Crippen LogP contribution in [0, 0.1) is 0 Å². The molecule has 3 N–H and O–H groups in total. The van der Waals surface area contributed by atoms with Crippen LogP contribution in [0.3, 0.4) is 0 Å². The molecule has 0 fully saturated rings. The molecule has 29 heavy (non-hydrogen) atoms. The zero-order chi connectivity index (χ0) is 20.4. The van der Waals surface area contributed by atoms with E-state index in [2.05, 4.69) is 33.7 Å². The van der Waals surface area contributed by atoms with Gasteiger partial charge in [0.2, 0.25) is 0 Å². The SMILES string of the molecule is Cn1cc(-c2cccc(Cl)c2)c2cc(NSc3ccc(C(=O)NO)cc3)ccc21. The van der Waals surface area contributed by atoms with E-state index in [4.69, 9.17) is 16.8 Å². The molecule has 3 aromatic carbocycles. The van der Waals surface area contributed by atoms with Gasteiger partial charge in [-0.3, -0.25) is 10.0 Å². The molecule has 1 amide bonds. The Bertz CT molecular complexity index is 1190. The molecule has 0 atom stereocenters. The van der Waals surface area contributed by atoms with Crippen molar-refractivity contribution < 1.29 is 10.0 Å². The molecule has 0 aliphatic heterocycles. The quantitative estimate of drug-likeness (QED) is 0.217. The monoisotopic (exact) mass is 423 g/mol. The molecule has 5 nitrogen and oxygen atoms in total. The topological polar surface area (TPSA) is 66.3 Å². The highest BCUT2D eigenvalue weighted by molar-refractivity contribution is 8.00. The number of rotatable bonds is 5. The maximum atomic E-state index is 11.4. The zero-order valence-electron chi connectivity index (χ0n) is 15.5. The van der Waals surface area contributed by atoms with E-state index in [1.807, 2.05) is 43.4 Å². The van der Waals surface area contributed by atoms with Crippen molar-refractivity contribution >= 4 is 46.0 Å². The van der Waals surface area contributed by atoms with E-state index >= 15 is 0 Å². The van der Waals surface area contributed by atoms with Crippen LogP contribution in [-0.2, 0) is 7.05 Å². The van der Waals surface area contributed by atoms with E-state index in [9.17, 15) is 4.79 Å². The van der Waals surface area contributed by atoms with Crippen molar-refractivity contribution in [2.45, 2.75) is 4.90 Å². The summed E-state index contributed by atoms with van der Waals surface area (Å²) in [5.41, 5.74) is 6.32. The molecule has 0 saturated carbocycles. The molecule has 1 heterocycles. The molecule has 0 aliphatic rings. The van der Waals surface area contributed by atoms with Gasteiger partial charge in [0, 0.05) is 50.9 Å². The van der Waals surface area contributed by atoms with Gasteiger partial charge in [0.1, 0.15) is 0 Å². The van der Waals surface area contributed by atoms with Crippen molar-refractivity contribution in [3.8, 4) is 11.1 Å². The van der Waals surface area contributed by atoms with Crippen LogP contribution >= 0.6 is 23.5 Å². The first-order chi connectivity index (χ1) is 14.0. The van der Waals surface area contributed by atoms with Crippen LogP contribution in [0.2, 0.25) is 5.02 Å². The van der Waals surface area contributed by atoms with Crippen LogP contribution in [0.4, 0.5) is 5.69 Å². The third kappa shape index (κ3) is 4.10. The van der Waals surface area contributed by atoms with E-state index in [-0.39, 0.29) is 0 Å². The third-order valence-electron chi connectivity index (χ3n) is 4.63. The summed E-state index contributed by atoms with van der Waals surface area (Å²) < 4.78 is 5.45. The van der Waals surface area contributed by atoms with Gasteiger partial charge in [0.15, 0.2) is 0 Å². The second-order valence-corrected chi connectivity index (χ2v) is 7.88.